The number of nitrogens with two attached hydrogens (primary N) is 1. The lowest BCUT2D eigenvalue weighted by Gasteiger charge is -2.38. The highest BCUT2D eigenvalue weighted by atomic mass is 35.5. The molecule has 5 heteroatoms. The first-order valence-electron chi connectivity index (χ1n) is 6.77. The molecular formula is C14H21ClFN3. The zero-order valence-corrected chi connectivity index (χ0v) is 12.0. The number of benzene rings is 1. The van der Waals surface area contributed by atoms with Crippen molar-refractivity contribution in [3.05, 3.63) is 34.6 Å². The van der Waals surface area contributed by atoms with Gasteiger partial charge in [-0.2, -0.15) is 0 Å². The Morgan fingerprint density at radius 3 is 2.53 bits per heavy atom. The first-order chi connectivity index (χ1) is 9.15. The van der Waals surface area contributed by atoms with E-state index in [1.54, 1.807) is 12.1 Å². The van der Waals surface area contributed by atoms with Crippen molar-refractivity contribution in [1.29, 1.82) is 0 Å². The van der Waals surface area contributed by atoms with E-state index in [2.05, 4.69) is 16.7 Å². The fourth-order valence-electron chi connectivity index (χ4n) is 2.64. The molecule has 3 nitrogen and oxygen atoms in total. The first kappa shape index (κ1) is 14.7. The Hall–Kier alpha value is -0.680. The monoisotopic (exact) mass is 285 g/mol. The second-order valence-corrected chi connectivity index (χ2v) is 5.32. The Bertz CT molecular complexity index is 419. The predicted octanol–water partition coefficient (Wildman–Crippen LogP) is 2.12. The number of rotatable bonds is 4. The zero-order chi connectivity index (χ0) is 13.8. The molecule has 1 heterocycles. The standard InChI is InChI=1S/C14H21ClFN3/c1-2-18-5-7-19(8-6-18)14(10-17)12-4-3-11(15)9-13(12)16/h3-4,9,14H,2,5-8,10,17H2,1H3. The number of halogens is 2. The largest absolute Gasteiger partial charge is 0.329 e. The van der Waals surface area contributed by atoms with Gasteiger partial charge < -0.3 is 10.6 Å². The fourth-order valence-corrected chi connectivity index (χ4v) is 2.79. The van der Waals surface area contributed by atoms with E-state index < -0.39 is 0 Å². The molecule has 0 radical (unpaired) electrons. The molecule has 1 aromatic carbocycles. The van der Waals surface area contributed by atoms with Crippen LogP contribution in [0.1, 0.15) is 18.5 Å². The Morgan fingerprint density at radius 1 is 1.32 bits per heavy atom. The van der Waals surface area contributed by atoms with Gasteiger partial charge in [-0.15, -0.1) is 0 Å². The molecular weight excluding hydrogens is 265 g/mol. The molecule has 1 fully saturated rings. The van der Waals surface area contributed by atoms with Crippen molar-refractivity contribution in [2.75, 3.05) is 39.3 Å². The van der Waals surface area contributed by atoms with Crippen molar-refractivity contribution in [2.24, 2.45) is 5.73 Å². The summed E-state index contributed by atoms with van der Waals surface area (Å²) in [5.41, 5.74) is 6.50. The van der Waals surface area contributed by atoms with Gasteiger partial charge >= 0.3 is 0 Å². The number of hydrogen-bond acceptors (Lipinski definition) is 3. The van der Waals surface area contributed by atoms with E-state index in [4.69, 9.17) is 17.3 Å². The number of hydrogen-bond donors (Lipinski definition) is 1. The summed E-state index contributed by atoms with van der Waals surface area (Å²) >= 11 is 5.80. The van der Waals surface area contributed by atoms with E-state index >= 15 is 0 Å². The van der Waals surface area contributed by atoms with Crippen LogP contribution in [0.5, 0.6) is 0 Å². The normalized spacial score (nSPS) is 19.6. The van der Waals surface area contributed by atoms with Gasteiger partial charge in [0.25, 0.3) is 0 Å². The van der Waals surface area contributed by atoms with Gasteiger partial charge in [0.1, 0.15) is 5.82 Å². The Balaban J connectivity index is 2.12. The van der Waals surface area contributed by atoms with Crippen molar-refractivity contribution < 1.29 is 4.39 Å². The third-order valence-electron chi connectivity index (χ3n) is 3.84. The second-order valence-electron chi connectivity index (χ2n) is 4.89. The van der Waals surface area contributed by atoms with E-state index in [-0.39, 0.29) is 11.9 Å². The maximum absolute atomic E-state index is 14.0. The summed E-state index contributed by atoms with van der Waals surface area (Å²) in [6.07, 6.45) is 0. The lowest BCUT2D eigenvalue weighted by atomic mass is 10.0. The first-order valence-corrected chi connectivity index (χ1v) is 7.15. The summed E-state index contributed by atoms with van der Waals surface area (Å²) in [4.78, 5) is 4.65. The summed E-state index contributed by atoms with van der Waals surface area (Å²) in [7, 11) is 0. The number of nitrogens with zero attached hydrogens (tertiary/aromatic N) is 2. The minimum atomic E-state index is -0.263. The van der Waals surface area contributed by atoms with Crippen molar-refractivity contribution in [2.45, 2.75) is 13.0 Å². The van der Waals surface area contributed by atoms with Crippen LogP contribution in [0.15, 0.2) is 18.2 Å². The van der Waals surface area contributed by atoms with Crippen molar-refractivity contribution in [3.8, 4) is 0 Å². The van der Waals surface area contributed by atoms with Crippen LogP contribution < -0.4 is 5.73 Å². The number of likely N-dealkylation sites (N-methyl/N-ethyl adjacent to an activating group) is 1. The van der Waals surface area contributed by atoms with E-state index in [9.17, 15) is 4.39 Å². The molecule has 0 saturated carbocycles. The van der Waals surface area contributed by atoms with Gasteiger partial charge in [-0.1, -0.05) is 24.6 Å². The van der Waals surface area contributed by atoms with Crippen molar-refractivity contribution in [3.63, 3.8) is 0 Å². The summed E-state index contributed by atoms with van der Waals surface area (Å²) < 4.78 is 14.0. The second kappa shape index (κ2) is 6.66. The van der Waals surface area contributed by atoms with Gasteiger partial charge in [0, 0.05) is 43.3 Å². The highest BCUT2D eigenvalue weighted by Crippen LogP contribution is 2.25. The molecule has 0 aliphatic carbocycles. The van der Waals surface area contributed by atoms with E-state index in [0.717, 1.165) is 32.7 Å². The van der Waals surface area contributed by atoms with Gasteiger partial charge in [0.2, 0.25) is 0 Å². The van der Waals surface area contributed by atoms with Crippen LogP contribution in [0.3, 0.4) is 0 Å². The molecule has 0 amide bonds. The molecule has 0 aromatic heterocycles. The van der Waals surface area contributed by atoms with Crippen LogP contribution in [-0.4, -0.2) is 49.1 Å². The Morgan fingerprint density at radius 2 is 2.00 bits per heavy atom. The van der Waals surface area contributed by atoms with Crippen LogP contribution in [0.25, 0.3) is 0 Å². The molecule has 2 rings (SSSR count). The van der Waals surface area contributed by atoms with Crippen LogP contribution in [0, 0.1) is 5.82 Å². The minimum Gasteiger partial charge on any atom is -0.329 e. The molecule has 2 N–H and O–H groups in total. The molecule has 106 valence electrons. The van der Waals surface area contributed by atoms with Crippen molar-refractivity contribution >= 4 is 11.6 Å². The van der Waals surface area contributed by atoms with Gasteiger partial charge in [-0.3, -0.25) is 4.90 Å². The lowest BCUT2D eigenvalue weighted by Crippen LogP contribution is -2.48. The maximum atomic E-state index is 14.0. The molecule has 1 saturated heterocycles. The van der Waals surface area contributed by atoms with Crippen LogP contribution in [0.2, 0.25) is 5.02 Å². The van der Waals surface area contributed by atoms with Crippen molar-refractivity contribution in [1.82, 2.24) is 9.80 Å². The highest BCUT2D eigenvalue weighted by Gasteiger charge is 2.25. The van der Waals surface area contributed by atoms with Crippen LogP contribution in [0.4, 0.5) is 4.39 Å². The van der Waals surface area contributed by atoms with Gasteiger partial charge in [0.05, 0.1) is 6.04 Å². The Kier molecular flexibility index (Phi) is 5.16. The predicted molar refractivity (Wildman–Crippen MR) is 76.9 cm³/mol. The SMILES string of the molecule is CCN1CCN(C(CN)c2ccc(Cl)cc2F)CC1. The summed E-state index contributed by atoms with van der Waals surface area (Å²) in [6, 6.07) is 4.78. The minimum absolute atomic E-state index is 0.0590. The Labute approximate surface area is 119 Å². The highest BCUT2D eigenvalue weighted by molar-refractivity contribution is 6.30. The lowest BCUT2D eigenvalue weighted by molar-refractivity contribution is 0.100. The quantitative estimate of drug-likeness (QED) is 0.920. The average Bonchev–Trinajstić information content (AvgIpc) is 2.42. The molecule has 0 bridgehead atoms. The summed E-state index contributed by atoms with van der Waals surface area (Å²) in [5.74, 6) is -0.263. The molecule has 1 aliphatic rings. The van der Waals surface area contributed by atoms with Gasteiger partial charge in [-0.25, -0.2) is 4.39 Å². The smallest absolute Gasteiger partial charge is 0.129 e. The van der Waals surface area contributed by atoms with E-state index in [0.29, 0.717) is 17.1 Å². The number of piperazine rings is 1. The van der Waals surface area contributed by atoms with Gasteiger partial charge in [-0.05, 0) is 18.7 Å². The molecule has 1 atom stereocenters. The van der Waals surface area contributed by atoms with Crippen LogP contribution >= 0.6 is 11.6 Å². The maximum Gasteiger partial charge on any atom is 0.129 e. The van der Waals surface area contributed by atoms with E-state index in [1.165, 1.54) is 6.07 Å². The topological polar surface area (TPSA) is 32.5 Å². The molecule has 0 spiro atoms. The summed E-state index contributed by atoms with van der Waals surface area (Å²) in [5, 5.41) is 0.424. The molecule has 1 unspecified atom stereocenters. The van der Waals surface area contributed by atoms with E-state index in [1.807, 2.05) is 0 Å². The fraction of sp³-hybridized carbons (Fsp3) is 0.571. The van der Waals surface area contributed by atoms with Crippen LogP contribution in [-0.2, 0) is 0 Å². The molecule has 19 heavy (non-hydrogen) atoms. The molecule has 1 aliphatic heterocycles. The average molecular weight is 286 g/mol. The van der Waals surface area contributed by atoms with Gasteiger partial charge in [0.15, 0.2) is 0 Å². The zero-order valence-electron chi connectivity index (χ0n) is 11.3. The summed E-state index contributed by atoms with van der Waals surface area (Å²) in [6.45, 7) is 7.54. The molecule has 1 aromatic rings. The third kappa shape index (κ3) is 3.45. The third-order valence-corrected chi connectivity index (χ3v) is 4.07.